The second-order valence-electron chi connectivity index (χ2n) is 4.43. The number of hydrogen-bond acceptors (Lipinski definition) is 4. The molecule has 94 valence electrons. The van der Waals surface area contributed by atoms with E-state index in [1.807, 2.05) is 6.92 Å². The zero-order valence-electron chi connectivity index (χ0n) is 10.8. The molecule has 0 unspecified atom stereocenters. The molecule has 0 atom stereocenters. The van der Waals surface area contributed by atoms with E-state index in [1.54, 1.807) is 6.20 Å². The van der Waals surface area contributed by atoms with Crippen LogP contribution in [0, 0.1) is 13.8 Å². The third kappa shape index (κ3) is 3.20. The van der Waals surface area contributed by atoms with Crippen molar-refractivity contribution in [1.29, 1.82) is 0 Å². The minimum Gasteiger partial charge on any atom is -0.369 e. The fourth-order valence-electron chi connectivity index (χ4n) is 1.83. The van der Waals surface area contributed by atoms with Crippen molar-refractivity contribution in [3.8, 4) is 0 Å². The van der Waals surface area contributed by atoms with Gasteiger partial charge in [-0.05, 0) is 25.8 Å². The van der Waals surface area contributed by atoms with Gasteiger partial charge in [0, 0.05) is 18.3 Å². The van der Waals surface area contributed by atoms with Gasteiger partial charge >= 0.3 is 0 Å². The smallest absolute Gasteiger partial charge is 0.221 e. The Morgan fingerprint density at radius 1 is 1.28 bits per heavy atom. The summed E-state index contributed by atoms with van der Waals surface area (Å²) in [5, 5.41) is 3.29. The molecule has 4 heteroatoms. The van der Waals surface area contributed by atoms with Crippen molar-refractivity contribution in [1.82, 2.24) is 9.97 Å². The van der Waals surface area contributed by atoms with E-state index < -0.39 is 0 Å². The summed E-state index contributed by atoms with van der Waals surface area (Å²) in [6, 6.07) is 8.52. The second kappa shape index (κ2) is 5.49. The van der Waals surface area contributed by atoms with E-state index in [2.05, 4.69) is 46.5 Å². The second-order valence-corrected chi connectivity index (χ2v) is 4.43. The molecule has 0 amide bonds. The van der Waals surface area contributed by atoms with Crippen LogP contribution < -0.4 is 11.1 Å². The first-order chi connectivity index (χ1) is 8.65. The van der Waals surface area contributed by atoms with Gasteiger partial charge in [-0.25, -0.2) is 4.98 Å². The number of nitrogens with one attached hydrogen (secondary N) is 1. The van der Waals surface area contributed by atoms with E-state index in [-0.39, 0.29) is 0 Å². The van der Waals surface area contributed by atoms with Gasteiger partial charge in [0.25, 0.3) is 0 Å². The number of aromatic nitrogens is 2. The third-order valence-corrected chi connectivity index (χ3v) is 2.78. The highest BCUT2D eigenvalue weighted by Gasteiger charge is 2.01. The zero-order valence-corrected chi connectivity index (χ0v) is 10.8. The molecule has 0 radical (unpaired) electrons. The van der Waals surface area contributed by atoms with Gasteiger partial charge in [-0.15, -0.1) is 0 Å². The maximum absolute atomic E-state index is 5.57. The highest BCUT2D eigenvalue weighted by atomic mass is 15.1. The summed E-state index contributed by atoms with van der Waals surface area (Å²) in [5.41, 5.74) is 9.18. The Kier molecular flexibility index (Phi) is 3.77. The van der Waals surface area contributed by atoms with Crippen molar-refractivity contribution < 1.29 is 0 Å². The molecule has 0 saturated heterocycles. The van der Waals surface area contributed by atoms with Gasteiger partial charge < -0.3 is 11.1 Å². The lowest BCUT2D eigenvalue weighted by atomic mass is 10.1. The number of nitrogens with zero attached hydrogens (tertiary/aromatic N) is 2. The van der Waals surface area contributed by atoms with E-state index in [1.165, 1.54) is 11.1 Å². The zero-order chi connectivity index (χ0) is 13.0. The Morgan fingerprint density at radius 2 is 2.11 bits per heavy atom. The molecule has 0 spiro atoms. The minimum absolute atomic E-state index is 0.304. The van der Waals surface area contributed by atoms with Gasteiger partial charge in [-0.3, -0.25) is 0 Å². The maximum atomic E-state index is 5.57. The summed E-state index contributed by atoms with van der Waals surface area (Å²) in [6.07, 6.45) is 2.70. The van der Waals surface area contributed by atoms with E-state index in [4.69, 9.17) is 5.73 Å². The third-order valence-electron chi connectivity index (χ3n) is 2.78. The molecule has 1 heterocycles. The van der Waals surface area contributed by atoms with Crippen molar-refractivity contribution in [2.75, 3.05) is 17.6 Å². The van der Waals surface area contributed by atoms with Gasteiger partial charge in [-0.2, -0.15) is 4.98 Å². The summed E-state index contributed by atoms with van der Waals surface area (Å²) in [5.74, 6) is 1.12. The lowest BCUT2D eigenvalue weighted by molar-refractivity contribution is 0.992. The largest absolute Gasteiger partial charge is 0.369 e. The molecule has 0 aliphatic carbocycles. The number of nitrogens with two attached hydrogens (primary N) is 1. The lowest BCUT2D eigenvalue weighted by Crippen LogP contribution is -2.09. The van der Waals surface area contributed by atoms with Crippen LogP contribution in [-0.4, -0.2) is 16.5 Å². The molecule has 0 saturated carbocycles. The molecular formula is C14H18N4. The van der Waals surface area contributed by atoms with Crippen LogP contribution >= 0.6 is 0 Å². The molecule has 1 aromatic heterocycles. The molecule has 0 aliphatic heterocycles. The van der Waals surface area contributed by atoms with Crippen molar-refractivity contribution in [2.45, 2.75) is 20.3 Å². The SMILES string of the molecule is Cc1cccc(CCNc2nc(N)ncc2C)c1. The first kappa shape index (κ1) is 12.4. The van der Waals surface area contributed by atoms with E-state index >= 15 is 0 Å². The van der Waals surface area contributed by atoms with Crippen LogP contribution in [0.5, 0.6) is 0 Å². The number of aryl methyl sites for hydroxylation is 2. The molecule has 3 N–H and O–H groups in total. The van der Waals surface area contributed by atoms with Gasteiger partial charge in [0.2, 0.25) is 5.95 Å². The maximum Gasteiger partial charge on any atom is 0.221 e. The van der Waals surface area contributed by atoms with Crippen LogP contribution in [0.1, 0.15) is 16.7 Å². The Labute approximate surface area is 107 Å². The molecule has 0 fully saturated rings. The topological polar surface area (TPSA) is 63.8 Å². The highest BCUT2D eigenvalue weighted by molar-refractivity contribution is 5.45. The Bertz CT molecular complexity index is 537. The predicted octanol–water partition coefficient (Wildman–Crippen LogP) is 2.33. The summed E-state index contributed by atoms with van der Waals surface area (Å²) >= 11 is 0. The van der Waals surface area contributed by atoms with Crippen LogP contribution in [-0.2, 0) is 6.42 Å². The molecule has 4 nitrogen and oxygen atoms in total. The summed E-state index contributed by atoms with van der Waals surface area (Å²) in [4.78, 5) is 8.12. The lowest BCUT2D eigenvalue weighted by Gasteiger charge is -2.08. The van der Waals surface area contributed by atoms with Crippen LogP contribution in [0.25, 0.3) is 0 Å². The average Bonchev–Trinajstić information content (AvgIpc) is 2.34. The standard InChI is InChI=1S/C14H18N4/c1-10-4-3-5-12(8-10)6-7-16-13-11(2)9-17-14(15)18-13/h3-5,8-9H,6-7H2,1-2H3,(H3,15,16,17,18). The number of benzene rings is 1. The first-order valence-electron chi connectivity index (χ1n) is 6.03. The van der Waals surface area contributed by atoms with E-state index in [9.17, 15) is 0 Å². The van der Waals surface area contributed by atoms with Crippen LogP contribution in [0.15, 0.2) is 30.5 Å². The number of hydrogen-bond donors (Lipinski definition) is 2. The van der Waals surface area contributed by atoms with Gasteiger partial charge in [0.05, 0.1) is 0 Å². The average molecular weight is 242 g/mol. The van der Waals surface area contributed by atoms with Gasteiger partial charge in [0.15, 0.2) is 0 Å². The molecule has 1 aromatic carbocycles. The van der Waals surface area contributed by atoms with Crippen LogP contribution in [0.2, 0.25) is 0 Å². The van der Waals surface area contributed by atoms with Crippen LogP contribution in [0.3, 0.4) is 0 Å². The molecule has 0 aliphatic rings. The molecule has 0 bridgehead atoms. The fraction of sp³-hybridized carbons (Fsp3) is 0.286. The highest BCUT2D eigenvalue weighted by Crippen LogP contribution is 2.11. The fourth-order valence-corrected chi connectivity index (χ4v) is 1.83. The molecule has 18 heavy (non-hydrogen) atoms. The Balaban J connectivity index is 1.94. The van der Waals surface area contributed by atoms with E-state index in [0.29, 0.717) is 5.95 Å². The number of anilines is 2. The molecular weight excluding hydrogens is 224 g/mol. The molecule has 2 rings (SSSR count). The minimum atomic E-state index is 0.304. The Morgan fingerprint density at radius 3 is 2.89 bits per heavy atom. The van der Waals surface area contributed by atoms with Crippen molar-refractivity contribution in [3.05, 3.63) is 47.2 Å². The first-order valence-corrected chi connectivity index (χ1v) is 6.03. The quantitative estimate of drug-likeness (QED) is 0.863. The number of nitrogen functional groups attached to an aromatic ring is 1. The summed E-state index contributed by atoms with van der Waals surface area (Å²) in [6.45, 7) is 4.90. The summed E-state index contributed by atoms with van der Waals surface area (Å²) < 4.78 is 0. The molecule has 2 aromatic rings. The summed E-state index contributed by atoms with van der Waals surface area (Å²) in [7, 11) is 0. The van der Waals surface area contributed by atoms with Crippen molar-refractivity contribution in [2.24, 2.45) is 0 Å². The monoisotopic (exact) mass is 242 g/mol. The number of rotatable bonds is 4. The van der Waals surface area contributed by atoms with Crippen molar-refractivity contribution >= 4 is 11.8 Å². The van der Waals surface area contributed by atoms with Gasteiger partial charge in [-0.1, -0.05) is 29.8 Å². The Hall–Kier alpha value is -2.10. The predicted molar refractivity (Wildman–Crippen MR) is 74.6 cm³/mol. The van der Waals surface area contributed by atoms with Crippen molar-refractivity contribution in [3.63, 3.8) is 0 Å². The normalized spacial score (nSPS) is 10.3. The van der Waals surface area contributed by atoms with Gasteiger partial charge in [0.1, 0.15) is 5.82 Å². The van der Waals surface area contributed by atoms with Crippen LogP contribution in [0.4, 0.5) is 11.8 Å². The van der Waals surface area contributed by atoms with E-state index in [0.717, 1.165) is 24.3 Å².